The number of nitrogens with one attached hydrogen (secondary N) is 1. The van der Waals surface area contributed by atoms with Gasteiger partial charge in [-0.25, -0.2) is 9.59 Å². The SMILES string of the molecule is CC(=NCC[C@@H](NC(=O)OCC1c2ccccc2-c2ccccc21)C(=O)O)C1=C(O)CC(C)(C)CC1=O. The van der Waals surface area contributed by atoms with Gasteiger partial charge < -0.3 is 20.3 Å². The van der Waals surface area contributed by atoms with E-state index in [9.17, 15) is 24.6 Å². The molecule has 8 heteroatoms. The van der Waals surface area contributed by atoms with E-state index in [1.807, 2.05) is 62.4 Å². The number of nitrogens with zero attached hydrogens (tertiary/aromatic N) is 1. The highest BCUT2D eigenvalue weighted by molar-refractivity contribution is 6.22. The Morgan fingerprint density at radius 2 is 1.68 bits per heavy atom. The van der Waals surface area contributed by atoms with Crippen LogP contribution in [0.3, 0.4) is 0 Å². The van der Waals surface area contributed by atoms with Crippen molar-refractivity contribution in [3.05, 3.63) is 71.0 Å². The molecule has 2 aliphatic rings. The maximum atomic E-state index is 12.5. The van der Waals surface area contributed by atoms with Gasteiger partial charge in [0.15, 0.2) is 5.78 Å². The van der Waals surface area contributed by atoms with Crippen molar-refractivity contribution < 1.29 is 29.3 Å². The molecule has 3 N–H and O–H groups in total. The number of benzene rings is 2. The molecular weight excluding hydrogens is 472 g/mol. The summed E-state index contributed by atoms with van der Waals surface area (Å²) in [6, 6.07) is 14.7. The van der Waals surface area contributed by atoms with Gasteiger partial charge in [-0.3, -0.25) is 9.79 Å². The van der Waals surface area contributed by atoms with Crippen LogP contribution in [0, 0.1) is 5.41 Å². The Balaban J connectivity index is 1.35. The normalized spacial score (nSPS) is 17.7. The lowest BCUT2D eigenvalue weighted by atomic mass is 9.76. The van der Waals surface area contributed by atoms with Crippen LogP contribution in [0.5, 0.6) is 0 Å². The number of hydrogen-bond donors (Lipinski definition) is 3. The average molecular weight is 505 g/mol. The minimum absolute atomic E-state index is 0.00456. The van der Waals surface area contributed by atoms with Crippen molar-refractivity contribution in [3.8, 4) is 11.1 Å². The van der Waals surface area contributed by atoms with Gasteiger partial charge in [0.1, 0.15) is 18.4 Å². The number of Topliss-reactive ketones (excluding diaryl/α,β-unsaturated/α-hetero) is 1. The summed E-state index contributed by atoms with van der Waals surface area (Å²) in [5.41, 5.74) is 4.59. The molecule has 0 aromatic heterocycles. The highest BCUT2D eigenvalue weighted by atomic mass is 16.5. The number of aliphatic carboxylic acids is 1. The highest BCUT2D eigenvalue weighted by Gasteiger charge is 2.34. The molecule has 2 aromatic rings. The first kappa shape index (κ1) is 26.1. The third kappa shape index (κ3) is 5.74. The Bertz CT molecular complexity index is 1250. The van der Waals surface area contributed by atoms with Gasteiger partial charge in [0.2, 0.25) is 0 Å². The number of carboxylic acid groups (broad SMARTS) is 1. The van der Waals surface area contributed by atoms with Crippen molar-refractivity contribution in [1.29, 1.82) is 0 Å². The van der Waals surface area contributed by atoms with Crippen LogP contribution in [-0.2, 0) is 14.3 Å². The minimum Gasteiger partial charge on any atom is -0.511 e. The predicted molar refractivity (Wildman–Crippen MR) is 140 cm³/mol. The highest BCUT2D eigenvalue weighted by Crippen LogP contribution is 2.44. The van der Waals surface area contributed by atoms with E-state index in [-0.39, 0.29) is 48.0 Å². The van der Waals surface area contributed by atoms with E-state index in [0.717, 1.165) is 22.3 Å². The van der Waals surface area contributed by atoms with Crippen molar-refractivity contribution in [2.75, 3.05) is 13.2 Å². The van der Waals surface area contributed by atoms with Crippen molar-refractivity contribution in [2.45, 2.75) is 52.0 Å². The Morgan fingerprint density at radius 3 is 2.24 bits per heavy atom. The van der Waals surface area contributed by atoms with Crippen LogP contribution in [0.15, 0.2) is 64.9 Å². The number of aliphatic hydroxyl groups excluding tert-OH is 1. The zero-order valence-corrected chi connectivity index (χ0v) is 21.3. The van der Waals surface area contributed by atoms with Gasteiger partial charge in [-0.1, -0.05) is 62.4 Å². The Kier molecular flexibility index (Phi) is 7.47. The second-order valence-corrected chi connectivity index (χ2v) is 10.4. The van der Waals surface area contributed by atoms with Gasteiger partial charge in [0.25, 0.3) is 0 Å². The Morgan fingerprint density at radius 1 is 1.08 bits per heavy atom. The van der Waals surface area contributed by atoms with Crippen LogP contribution in [0.1, 0.15) is 57.1 Å². The summed E-state index contributed by atoms with van der Waals surface area (Å²) in [6.07, 6.45) is -0.132. The molecule has 37 heavy (non-hydrogen) atoms. The quantitative estimate of drug-likeness (QED) is 0.433. The molecule has 1 amide bonds. The number of ether oxygens (including phenoxy) is 1. The summed E-state index contributed by atoms with van der Waals surface area (Å²) in [7, 11) is 0. The van der Waals surface area contributed by atoms with Crippen LogP contribution in [0.25, 0.3) is 11.1 Å². The maximum Gasteiger partial charge on any atom is 0.407 e. The molecule has 0 saturated heterocycles. The van der Waals surface area contributed by atoms with E-state index in [1.165, 1.54) is 0 Å². The summed E-state index contributed by atoms with van der Waals surface area (Å²) in [5.74, 6) is -1.51. The van der Waals surface area contributed by atoms with E-state index in [4.69, 9.17) is 4.74 Å². The standard InChI is InChI=1S/C29H32N2O6/c1-17(26-24(32)14-29(2,3)15-25(26)33)30-13-12-23(27(34)35)31-28(36)37-16-22-20-10-6-4-8-18(20)19-9-5-7-11-21(19)22/h4-11,22-23,32H,12-16H2,1-3H3,(H,31,36)(H,34,35)/t23-/m1/s1. The first-order valence-corrected chi connectivity index (χ1v) is 12.4. The molecule has 0 aliphatic heterocycles. The second kappa shape index (κ2) is 10.6. The molecule has 2 aliphatic carbocycles. The minimum atomic E-state index is -1.21. The summed E-state index contributed by atoms with van der Waals surface area (Å²) >= 11 is 0. The lowest BCUT2D eigenvalue weighted by Crippen LogP contribution is -2.42. The largest absolute Gasteiger partial charge is 0.511 e. The molecule has 8 nitrogen and oxygen atoms in total. The first-order chi connectivity index (χ1) is 17.6. The average Bonchev–Trinajstić information content (AvgIpc) is 3.14. The fourth-order valence-electron chi connectivity index (χ4n) is 5.18. The van der Waals surface area contributed by atoms with E-state index in [2.05, 4.69) is 10.3 Å². The zero-order valence-electron chi connectivity index (χ0n) is 21.3. The molecule has 0 bridgehead atoms. The van der Waals surface area contributed by atoms with E-state index >= 15 is 0 Å². The molecule has 0 radical (unpaired) electrons. The maximum absolute atomic E-state index is 12.5. The summed E-state index contributed by atoms with van der Waals surface area (Å²) in [5, 5.41) is 22.4. The Labute approximate surface area is 216 Å². The van der Waals surface area contributed by atoms with Crippen molar-refractivity contribution in [2.24, 2.45) is 10.4 Å². The number of rotatable bonds is 8. The van der Waals surface area contributed by atoms with Crippen molar-refractivity contribution in [3.63, 3.8) is 0 Å². The monoisotopic (exact) mass is 504 g/mol. The topological polar surface area (TPSA) is 125 Å². The lowest BCUT2D eigenvalue weighted by molar-refractivity contribution is -0.139. The second-order valence-electron chi connectivity index (χ2n) is 10.4. The number of fused-ring (bicyclic) bond motifs is 3. The number of allylic oxidation sites excluding steroid dienone is 2. The number of carbonyl (C=O) groups excluding carboxylic acids is 2. The van der Waals surface area contributed by atoms with Gasteiger partial charge in [0, 0.05) is 31.0 Å². The number of aliphatic hydroxyl groups is 1. The Hall–Kier alpha value is -3.94. The smallest absolute Gasteiger partial charge is 0.407 e. The molecule has 194 valence electrons. The number of ketones is 1. The molecule has 0 saturated carbocycles. The van der Waals surface area contributed by atoms with Crippen LogP contribution >= 0.6 is 0 Å². The number of hydrogen-bond acceptors (Lipinski definition) is 6. The molecule has 0 unspecified atom stereocenters. The van der Waals surface area contributed by atoms with E-state index < -0.39 is 18.1 Å². The van der Waals surface area contributed by atoms with Gasteiger partial charge in [-0.05, 0) is 41.0 Å². The molecule has 2 aromatic carbocycles. The lowest BCUT2D eigenvalue weighted by Gasteiger charge is -2.29. The third-order valence-electron chi connectivity index (χ3n) is 6.91. The van der Waals surface area contributed by atoms with Gasteiger partial charge in [0.05, 0.1) is 5.57 Å². The molecule has 4 rings (SSSR count). The number of amides is 1. The summed E-state index contributed by atoms with van der Waals surface area (Å²) in [6.45, 7) is 5.58. The molecular formula is C29H32N2O6. The van der Waals surface area contributed by atoms with E-state index in [1.54, 1.807) is 6.92 Å². The fraction of sp³-hybridized carbons (Fsp3) is 0.379. The number of carbonyl (C=O) groups is 3. The van der Waals surface area contributed by atoms with Gasteiger partial charge >= 0.3 is 12.1 Å². The molecule has 1 atom stereocenters. The first-order valence-electron chi connectivity index (χ1n) is 12.4. The van der Waals surface area contributed by atoms with Gasteiger partial charge in [-0.15, -0.1) is 0 Å². The number of alkyl carbamates (subject to hydrolysis) is 1. The van der Waals surface area contributed by atoms with E-state index in [0.29, 0.717) is 18.6 Å². The molecule has 0 fully saturated rings. The molecule has 0 spiro atoms. The van der Waals surface area contributed by atoms with Crippen LogP contribution in [-0.4, -0.2) is 53.0 Å². The summed E-state index contributed by atoms with van der Waals surface area (Å²) < 4.78 is 5.46. The van der Waals surface area contributed by atoms with Crippen molar-refractivity contribution in [1.82, 2.24) is 5.32 Å². The zero-order chi connectivity index (χ0) is 26.7. The van der Waals surface area contributed by atoms with Crippen LogP contribution < -0.4 is 5.32 Å². The predicted octanol–water partition coefficient (Wildman–Crippen LogP) is 5.03. The number of aliphatic imine (C=N–C) groups is 1. The van der Waals surface area contributed by atoms with Gasteiger partial charge in [-0.2, -0.15) is 0 Å². The van der Waals surface area contributed by atoms with Crippen LogP contribution in [0.2, 0.25) is 0 Å². The third-order valence-corrected chi connectivity index (χ3v) is 6.91. The van der Waals surface area contributed by atoms with Crippen molar-refractivity contribution >= 4 is 23.6 Å². The molecule has 0 heterocycles. The fourth-order valence-corrected chi connectivity index (χ4v) is 5.18. The summed E-state index contributed by atoms with van der Waals surface area (Å²) in [4.78, 5) is 41.1. The number of carboxylic acids is 1. The van der Waals surface area contributed by atoms with Crippen LogP contribution in [0.4, 0.5) is 4.79 Å².